The molecule has 2 aliphatic heterocycles. The summed E-state index contributed by atoms with van der Waals surface area (Å²) in [5.41, 5.74) is 2.09. The van der Waals surface area contributed by atoms with Crippen LogP contribution >= 0.6 is 0 Å². The smallest absolute Gasteiger partial charge is 0.160 e. The van der Waals surface area contributed by atoms with Crippen LogP contribution in [0, 0.1) is 0 Å². The number of nitrogens with one attached hydrogen (secondary N) is 2. The molecule has 0 aliphatic carbocycles. The van der Waals surface area contributed by atoms with Crippen molar-refractivity contribution in [1.82, 2.24) is 25.2 Å². The van der Waals surface area contributed by atoms with Crippen LogP contribution in [0.4, 0.5) is 0 Å². The van der Waals surface area contributed by atoms with Crippen LogP contribution in [0.1, 0.15) is 37.5 Å². The zero-order valence-corrected chi connectivity index (χ0v) is 12.4. The van der Waals surface area contributed by atoms with E-state index in [1.807, 2.05) is 12.3 Å². The fraction of sp³-hybridized carbons (Fsp3) is 0.625. The second-order valence-electron chi connectivity index (χ2n) is 6.24. The molecule has 2 saturated heterocycles. The summed E-state index contributed by atoms with van der Waals surface area (Å²) in [5.74, 6) is 1.21. The van der Waals surface area contributed by atoms with E-state index in [-0.39, 0.29) is 0 Å². The lowest BCUT2D eigenvalue weighted by Gasteiger charge is -2.24. The number of hydrogen-bond donors (Lipinski definition) is 2. The van der Waals surface area contributed by atoms with Gasteiger partial charge in [-0.25, -0.2) is 9.97 Å². The van der Waals surface area contributed by atoms with Crippen molar-refractivity contribution in [1.29, 1.82) is 0 Å². The average molecular weight is 285 g/mol. The Morgan fingerprint density at radius 3 is 3.05 bits per heavy atom. The van der Waals surface area contributed by atoms with Gasteiger partial charge >= 0.3 is 0 Å². The standard InChI is InChI=1S/C16H23N5/c1-2-7-18-12(4-1)10-15-20-14-5-3-8-19-16(14)21(15)13-6-9-17-11-13/h3,5,8,12-13,17-18H,1-2,4,6-7,9-11H2. The second-order valence-corrected chi connectivity index (χ2v) is 6.24. The molecular weight excluding hydrogens is 262 g/mol. The van der Waals surface area contributed by atoms with E-state index in [9.17, 15) is 0 Å². The van der Waals surface area contributed by atoms with Crippen LogP contribution in [0.3, 0.4) is 0 Å². The van der Waals surface area contributed by atoms with E-state index in [1.165, 1.54) is 31.5 Å². The molecule has 2 aliphatic rings. The average Bonchev–Trinajstić information content (AvgIpc) is 3.14. The van der Waals surface area contributed by atoms with Gasteiger partial charge in [0, 0.05) is 25.2 Å². The van der Waals surface area contributed by atoms with Gasteiger partial charge in [0.05, 0.1) is 6.04 Å². The molecule has 21 heavy (non-hydrogen) atoms. The first-order valence-corrected chi connectivity index (χ1v) is 8.18. The maximum absolute atomic E-state index is 4.88. The molecule has 5 heteroatoms. The zero-order valence-electron chi connectivity index (χ0n) is 12.4. The summed E-state index contributed by atoms with van der Waals surface area (Å²) in [7, 11) is 0. The van der Waals surface area contributed by atoms with Crippen LogP contribution in [0.5, 0.6) is 0 Å². The Labute approximate surface area is 125 Å². The Bertz CT molecular complexity index is 608. The number of piperidine rings is 1. The van der Waals surface area contributed by atoms with Gasteiger partial charge < -0.3 is 15.2 Å². The summed E-state index contributed by atoms with van der Waals surface area (Å²) in [6.45, 7) is 3.28. The molecule has 4 heterocycles. The van der Waals surface area contributed by atoms with Crippen LogP contribution in [-0.2, 0) is 6.42 Å². The van der Waals surface area contributed by atoms with E-state index in [0.29, 0.717) is 12.1 Å². The normalized spacial score (nSPS) is 26.5. The molecule has 5 nitrogen and oxygen atoms in total. The van der Waals surface area contributed by atoms with Gasteiger partial charge in [-0.2, -0.15) is 0 Å². The summed E-state index contributed by atoms with van der Waals surface area (Å²) in [4.78, 5) is 9.48. The van der Waals surface area contributed by atoms with Crippen molar-refractivity contribution in [2.45, 2.75) is 44.2 Å². The fourth-order valence-corrected chi connectivity index (χ4v) is 3.68. The van der Waals surface area contributed by atoms with Gasteiger partial charge in [-0.15, -0.1) is 0 Å². The quantitative estimate of drug-likeness (QED) is 0.900. The minimum atomic E-state index is 0.503. The van der Waals surface area contributed by atoms with Crippen molar-refractivity contribution in [2.24, 2.45) is 0 Å². The second kappa shape index (κ2) is 5.73. The lowest BCUT2D eigenvalue weighted by Crippen LogP contribution is -2.36. The van der Waals surface area contributed by atoms with Gasteiger partial charge in [0.2, 0.25) is 0 Å². The van der Waals surface area contributed by atoms with Crippen LogP contribution < -0.4 is 10.6 Å². The van der Waals surface area contributed by atoms with E-state index in [4.69, 9.17) is 4.98 Å². The predicted octanol–water partition coefficient (Wildman–Crippen LogP) is 1.65. The van der Waals surface area contributed by atoms with Crippen LogP contribution in [0.25, 0.3) is 11.2 Å². The van der Waals surface area contributed by atoms with Gasteiger partial charge in [0.15, 0.2) is 5.65 Å². The SMILES string of the molecule is c1cnc2c(c1)nc(CC1CCCCN1)n2C1CCNC1. The molecule has 0 radical (unpaired) electrons. The van der Waals surface area contributed by atoms with Gasteiger partial charge in [0.25, 0.3) is 0 Å². The molecule has 0 aromatic carbocycles. The summed E-state index contributed by atoms with van der Waals surface area (Å²) in [6, 6.07) is 5.14. The highest BCUT2D eigenvalue weighted by Crippen LogP contribution is 2.25. The van der Waals surface area contributed by atoms with Crippen LogP contribution in [-0.4, -0.2) is 40.2 Å². The molecule has 0 amide bonds. The van der Waals surface area contributed by atoms with Crippen LogP contribution in [0.15, 0.2) is 18.3 Å². The lowest BCUT2D eigenvalue weighted by molar-refractivity contribution is 0.386. The van der Waals surface area contributed by atoms with Crippen molar-refractivity contribution >= 4 is 11.2 Å². The highest BCUT2D eigenvalue weighted by molar-refractivity contribution is 5.71. The lowest BCUT2D eigenvalue weighted by atomic mass is 10.0. The Kier molecular flexibility index (Phi) is 3.61. The van der Waals surface area contributed by atoms with E-state index in [0.717, 1.165) is 37.2 Å². The Morgan fingerprint density at radius 2 is 2.24 bits per heavy atom. The third-order valence-electron chi connectivity index (χ3n) is 4.76. The third kappa shape index (κ3) is 2.56. The van der Waals surface area contributed by atoms with Gasteiger partial charge in [-0.3, -0.25) is 0 Å². The van der Waals surface area contributed by atoms with E-state index >= 15 is 0 Å². The Hall–Kier alpha value is -1.46. The molecule has 2 aromatic heterocycles. The maximum Gasteiger partial charge on any atom is 0.160 e. The molecule has 112 valence electrons. The number of hydrogen-bond acceptors (Lipinski definition) is 4. The van der Waals surface area contributed by atoms with Crippen molar-refractivity contribution in [3.63, 3.8) is 0 Å². The number of aromatic nitrogens is 3. The number of pyridine rings is 1. The van der Waals surface area contributed by atoms with Gasteiger partial charge in [0.1, 0.15) is 11.3 Å². The van der Waals surface area contributed by atoms with E-state index in [1.54, 1.807) is 0 Å². The number of imidazole rings is 1. The number of nitrogens with zero attached hydrogens (tertiary/aromatic N) is 3. The van der Waals surface area contributed by atoms with Crippen molar-refractivity contribution in [2.75, 3.05) is 19.6 Å². The maximum atomic E-state index is 4.88. The minimum absolute atomic E-state index is 0.503. The molecule has 0 spiro atoms. The highest BCUT2D eigenvalue weighted by Gasteiger charge is 2.25. The van der Waals surface area contributed by atoms with E-state index < -0.39 is 0 Å². The number of rotatable bonds is 3. The topological polar surface area (TPSA) is 54.8 Å². The van der Waals surface area contributed by atoms with Crippen LogP contribution in [0.2, 0.25) is 0 Å². The van der Waals surface area contributed by atoms with Crippen molar-refractivity contribution < 1.29 is 0 Å². The van der Waals surface area contributed by atoms with E-state index in [2.05, 4.69) is 26.3 Å². The monoisotopic (exact) mass is 285 g/mol. The van der Waals surface area contributed by atoms with Crippen molar-refractivity contribution in [3.8, 4) is 0 Å². The van der Waals surface area contributed by atoms with Crippen molar-refractivity contribution in [3.05, 3.63) is 24.2 Å². The number of fused-ring (bicyclic) bond motifs is 1. The summed E-state index contributed by atoms with van der Waals surface area (Å²) in [6.07, 6.45) is 7.98. The molecule has 4 rings (SSSR count). The van der Waals surface area contributed by atoms with Gasteiger partial charge in [-0.1, -0.05) is 6.42 Å². The summed E-state index contributed by atoms with van der Waals surface area (Å²) < 4.78 is 2.39. The Morgan fingerprint density at radius 1 is 1.24 bits per heavy atom. The first-order chi connectivity index (χ1) is 10.4. The molecule has 2 unspecified atom stereocenters. The predicted molar refractivity (Wildman–Crippen MR) is 83.4 cm³/mol. The third-order valence-corrected chi connectivity index (χ3v) is 4.76. The first kappa shape index (κ1) is 13.2. The molecule has 0 bridgehead atoms. The highest BCUT2D eigenvalue weighted by atomic mass is 15.2. The molecule has 2 fully saturated rings. The molecular formula is C16H23N5. The zero-order chi connectivity index (χ0) is 14.1. The van der Waals surface area contributed by atoms with Gasteiger partial charge in [-0.05, 0) is 44.5 Å². The molecule has 2 atom stereocenters. The first-order valence-electron chi connectivity index (χ1n) is 8.18. The summed E-state index contributed by atoms with van der Waals surface area (Å²) >= 11 is 0. The Balaban J connectivity index is 1.70. The summed E-state index contributed by atoms with van der Waals surface area (Å²) in [5, 5.41) is 7.10. The largest absolute Gasteiger partial charge is 0.315 e. The molecule has 0 saturated carbocycles. The minimum Gasteiger partial charge on any atom is -0.315 e. The molecule has 2 aromatic rings. The molecule has 2 N–H and O–H groups in total. The fourth-order valence-electron chi connectivity index (χ4n) is 3.68.